The fraction of sp³-hybridized carbons (Fsp3) is 0.167. The van der Waals surface area contributed by atoms with E-state index in [9.17, 15) is 4.79 Å². The van der Waals surface area contributed by atoms with Gasteiger partial charge in [0.25, 0.3) is 0 Å². The maximum atomic E-state index is 10.8. The third-order valence-electron chi connectivity index (χ3n) is 2.59. The second kappa shape index (κ2) is 3.69. The van der Waals surface area contributed by atoms with Crippen molar-refractivity contribution in [2.45, 2.75) is 13.8 Å². The molecule has 0 aliphatic heterocycles. The first-order valence-electron chi connectivity index (χ1n) is 4.78. The highest BCUT2D eigenvalue weighted by Gasteiger charge is 2.07. The predicted molar refractivity (Wildman–Crippen MR) is 58.9 cm³/mol. The van der Waals surface area contributed by atoms with Crippen LogP contribution in [0.25, 0.3) is 11.3 Å². The molecule has 1 aromatic heterocycles. The SMILES string of the molecule is Cc1ccc(-c2[nH]ncc2C=O)cc1C. The van der Waals surface area contributed by atoms with Crippen LogP contribution in [-0.2, 0) is 0 Å². The first kappa shape index (κ1) is 9.65. The molecule has 0 aliphatic carbocycles. The number of aromatic nitrogens is 2. The summed E-state index contributed by atoms with van der Waals surface area (Å²) in [5, 5.41) is 6.70. The van der Waals surface area contributed by atoms with E-state index < -0.39 is 0 Å². The number of carbonyl (C=O) groups is 1. The molecular formula is C12H12N2O. The number of aromatic amines is 1. The molecule has 15 heavy (non-hydrogen) atoms. The van der Waals surface area contributed by atoms with Crippen molar-refractivity contribution in [1.82, 2.24) is 10.2 Å². The number of aryl methyl sites for hydroxylation is 2. The Morgan fingerprint density at radius 2 is 2.07 bits per heavy atom. The molecule has 3 nitrogen and oxygen atoms in total. The molecule has 1 heterocycles. The van der Waals surface area contributed by atoms with Gasteiger partial charge in [0.15, 0.2) is 6.29 Å². The van der Waals surface area contributed by atoms with E-state index >= 15 is 0 Å². The molecule has 2 rings (SSSR count). The van der Waals surface area contributed by atoms with Gasteiger partial charge in [0.2, 0.25) is 0 Å². The summed E-state index contributed by atoms with van der Waals surface area (Å²) in [7, 11) is 0. The molecule has 0 saturated heterocycles. The maximum absolute atomic E-state index is 10.8. The fourth-order valence-electron chi connectivity index (χ4n) is 1.51. The molecule has 0 atom stereocenters. The van der Waals surface area contributed by atoms with Gasteiger partial charge in [0.1, 0.15) is 0 Å². The average Bonchev–Trinajstić information content (AvgIpc) is 2.70. The van der Waals surface area contributed by atoms with Crippen molar-refractivity contribution in [3.63, 3.8) is 0 Å². The van der Waals surface area contributed by atoms with Crippen LogP contribution >= 0.6 is 0 Å². The third kappa shape index (κ3) is 1.68. The number of carbonyl (C=O) groups excluding carboxylic acids is 1. The lowest BCUT2D eigenvalue weighted by atomic mass is 10.0. The smallest absolute Gasteiger partial charge is 0.153 e. The summed E-state index contributed by atoms with van der Waals surface area (Å²) >= 11 is 0. The quantitative estimate of drug-likeness (QED) is 0.757. The van der Waals surface area contributed by atoms with E-state index in [4.69, 9.17) is 0 Å². The lowest BCUT2D eigenvalue weighted by molar-refractivity contribution is 0.112. The second-order valence-electron chi connectivity index (χ2n) is 3.62. The van der Waals surface area contributed by atoms with Gasteiger partial charge < -0.3 is 0 Å². The van der Waals surface area contributed by atoms with Crippen LogP contribution in [0.5, 0.6) is 0 Å². The van der Waals surface area contributed by atoms with E-state index in [0.717, 1.165) is 17.5 Å². The summed E-state index contributed by atoms with van der Waals surface area (Å²) in [6, 6.07) is 6.08. The Balaban J connectivity index is 2.54. The van der Waals surface area contributed by atoms with Gasteiger partial charge in [-0.1, -0.05) is 12.1 Å². The van der Waals surface area contributed by atoms with Crippen LogP contribution in [0.3, 0.4) is 0 Å². The van der Waals surface area contributed by atoms with Crippen molar-refractivity contribution >= 4 is 6.29 Å². The van der Waals surface area contributed by atoms with Gasteiger partial charge >= 0.3 is 0 Å². The highest BCUT2D eigenvalue weighted by atomic mass is 16.1. The van der Waals surface area contributed by atoms with Crippen LogP contribution < -0.4 is 0 Å². The summed E-state index contributed by atoms with van der Waals surface area (Å²) in [5.41, 5.74) is 4.83. The van der Waals surface area contributed by atoms with Gasteiger partial charge in [-0.05, 0) is 31.0 Å². The molecule has 3 heteroatoms. The Labute approximate surface area is 88.1 Å². The molecule has 0 saturated carbocycles. The van der Waals surface area contributed by atoms with Crippen LogP contribution in [0.1, 0.15) is 21.5 Å². The Morgan fingerprint density at radius 1 is 1.27 bits per heavy atom. The number of hydrogen-bond donors (Lipinski definition) is 1. The summed E-state index contributed by atoms with van der Waals surface area (Å²) in [6.07, 6.45) is 2.35. The van der Waals surface area contributed by atoms with Crippen LogP contribution in [0.15, 0.2) is 24.4 Å². The Hall–Kier alpha value is -1.90. The zero-order chi connectivity index (χ0) is 10.8. The predicted octanol–water partition coefficient (Wildman–Crippen LogP) is 2.51. The number of H-pyrrole nitrogens is 1. The normalized spacial score (nSPS) is 10.3. The molecule has 0 aliphatic rings. The topological polar surface area (TPSA) is 45.8 Å². The van der Waals surface area contributed by atoms with Crippen LogP contribution in [-0.4, -0.2) is 16.5 Å². The van der Waals surface area contributed by atoms with Crippen LogP contribution in [0, 0.1) is 13.8 Å². The molecule has 2 aromatic rings. The molecule has 1 N–H and O–H groups in total. The molecule has 0 fully saturated rings. The zero-order valence-corrected chi connectivity index (χ0v) is 8.74. The number of nitrogens with zero attached hydrogens (tertiary/aromatic N) is 1. The summed E-state index contributed by atoms with van der Waals surface area (Å²) < 4.78 is 0. The van der Waals surface area contributed by atoms with E-state index in [1.165, 1.54) is 17.3 Å². The average molecular weight is 200 g/mol. The van der Waals surface area contributed by atoms with Crippen molar-refractivity contribution in [2.24, 2.45) is 0 Å². The van der Waals surface area contributed by atoms with Crippen molar-refractivity contribution in [3.8, 4) is 11.3 Å². The first-order chi connectivity index (χ1) is 7.22. The minimum atomic E-state index is 0.596. The number of benzene rings is 1. The summed E-state index contributed by atoms with van der Waals surface area (Å²) in [4.78, 5) is 10.8. The minimum Gasteiger partial charge on any atom is -0.298 e. The zero-order valence-electron chi connectivity index (χ0n) is 8.74. The van der Waals surface area contributed by atoms with E-state index in [0.29, 0.717) is 5.56 Å². The van der Waals surface area contributed by atoms with E-state index in [-0.39, 0.29) is 0 Å². The number of aldehydes is 1. The maximum Gasteiger partial charge on any atom is 0.153 e. The summed E-state index contributed by atoms with van der Waals surface area (Å²) in [5.74, 6) is 0. The molecule has 0 amide bonds. The number of rotatable bonds is 2. The Morgan fingerprint density at radius 3 is 2.73 bits per heavy atom. The second-order valence-corrected chi connectivity index (χ2v) is 3.62. The van der Waals surface area contributed by atoms with Crippen molar-refractivity contribution in [3.05, 3.63) is 41.1 Å². The molecular weight excluding hydrogens is 188 g/mol. The number of hydrogen-bond acceptors (Lipinski definition) is 2. The molecule has 1 aromatic carbocycles. The minimum absolute atomic E-state index is 0.596. The van der Waals surface area contributed by atoms with E-state index in [2.05, 4.69) is 30.1 Å². The van der Waals surface area contributed by atoms with Crippen LogP contribution in [0.2, 0.25) is 0 Å². The Bertz CT molecular complexity index is 500. The third-order valence-corrected chi connectivity index (χ3v) is 2.59. The van der Waals surface area contributed by atoms with Crippen molar-refractivity contribution < 1.29 is 4.79 Å². The van der Waals surface area contributed by atoms with Gasteiger partial charge in [-0.2, -0.15) is 5.10 Å². The van der Waals surface area contributed by atoms with Gasteiger partial charge in [-0.3, -0.25) is 9.89 Å². The van der Waals surface area contributed by atoms with Gasteiger partial charge in [0, 0.05) is 5.56 Å². The van der Waals surface area contributed by atoms with Gasteiger partial charge in [-0.25, -0.2) is 0 Å². The lowest BCUT2D eigenvalue weighted by Crippen LogP contribution is -1.87. The molecule has 0 radical (unpaired) electrons. The van der Waals surface area contributed by atoms with E-state index in [1.807, 2.05) is 12.1 Å². The fourth-order valence-corrected chi connectivity index (χ4v) is 1.51. The molecule has 0 bridgehead atoms. The van der Waals surface area contributed by atoms with Crippen LogP contribution in [0.4, 0.5) is 0 Å². The van der Waals surface area contributed by atoms with Crippen molar-refractivity contribution in [2.75, 3.05) is 0 Å². The summed E-state index contributed by atoms with van der Waals surface area (Å²) in [6.45, 7) is 4.11. The largest absolute Gasteiger partial charge is 0.298 e. The van der Waals surface area contributed by atoms with E-state index in [1.54, 1.807) is 0 Å². The Kier molecular flexibility index (Phi) is 2.37. The molecule has 0 unspecified atom stereocenters. The van der Waals surface area contributed by atoms with Gasteiger partial charge in [0.05, 0.1) is 17.5 Å². The first-order valence-corrected chi connectivity index (χ1v) is 4.78. The molecule has 76 valence electrons. The highest BCUT2D eigenvalue weighted by molar-refractivity contribution is 5.85. The highest BCUT2D eigenvalue weighted by Crippen LogP contribution is 2.22. The lowest BCUT2D eigenvalue weighted by Gasteiger charge is -2.03. The monoisotopic (exact) mass is 200 g/mol. The molecule has 0 spiro atoms. The standard InChI is InChI=1S/C12H12N2O/c1-8-3-4-10(5-9(8)2)12-11(7-15)6-13-14-12/h3-7H,1-2H3,(H,13,14). The van der Waals surface area contributed by atoms with Crippen molar-refractivity contribution in [1.29, 1.82) is 0 Å². The van der Waals surface area contributed by atoms with Gasteiger partial charge in [-0.15, -0.1) is 0 Å². The number of nitrogens with one attached hydrogen (secondary N) is 1.